The number of pyridine rings is 1. The van der Waals surface area contributed by atoms with Crippen molar-refractivity contribution in [1.29, 1.82) is 0 Å². The number of nitrogens with zero attached hydrogens (tertiary/aromatic N) is 5. The van der Waals surface area contributed by atoms with Crippen LogP contribution in [0.4, 0.5) is 13.2 Å². The molecular weight excluding hydrogens is 355 g/mol. The van der Waals surface area contributed by atoms with E-state index in [0.29, 0.717) is 12.1 Å². The van der Waals surface area contributed by atoms with Crippen LogP contribution in [-0.2, 0) is 26.1 Å². The van der Waals surface area contributed by atoms with Gasteiger partial charge in [-0.05, 0) is 37.3 Å². The maximum Gasteiger partial charge on any atom is 0.433 e. The Bertz CT molecular complexity index is 1150. The highest BCUT2D eigenvalue weighted by atomic mass is 19.4. The number of hydrogen-bond acceptors (Lipinski definition) is 4. The molecule has 0 bridgehead atoms. The predicted octanol–water partition coefficient (Wildman–Crippen LogP) is 4.02. The molecule has 0 unspecified atom stereocenters. The normalized spacial score (nSPS) is 12.2. The Balaban J connectivity index is 1.68. The molecule has 0 fully saturated rings. The third kappa shape index (κ3) is 3.22. The first-order valence-electron chi connectivity index (χ1n) is 8.44. The molecule has 0 atom stereocenters. The van der Waals surface area contributed by atoms with Crippen molar-refractivity contribution in [3.63, 3.8) is 0 Å². The summed E-state index contributed by atoms with van der Waals surface area (Å²) in [5, 5.41) is 0.947. The Labute approximate surface area is 152 Å². The monoisotopic (exact) mass is 371 g/mol. The summed E-state index contributed by atoms with van der Waals surface area (Å²) in [5.74, 6) is 0.931. The first-order chi connectivity index (χ1) is 12.8. The zero-order chi connectivity index (χ0) is 19.2. The van der Waals surface area contributed by atoms with E-state index in [4.69, 9.17) is 4.98 Å². The molecule has 3 heterocycles. The lowest BCUT2D eigenvalue weighted by molar-refractivity contribution is -0.141. The van der Waals surface area contributed by atoms with Gasteiger partial charge in [0.1, 0.15) is 17.3 Å². The third-order valence-corrected chi connectivity index (χ3v) is 4.49. The van der Waals surface area contributed by atoms with Crippen LogP contribution in [-0.4, -0.2) is 24.5 Å². The van der Waals surface area contributed by atoms with Gasteiger partial charge in [0, 0.05) is 37.2 Å². The Kier molecular flexibility index (Phi) is 4.05. The molecule has 138 valence electrons. The van der Waals surface area contributed by atoms with Crippen molar-refractivity contribution in [2.75, 3.05) is 0 Å². The molecule has 0 N–H and O–H groups in total. The van der Waals surface area contributed by atoms with Gasteiger partial charge in [-0.1, -0.05) is 0 Å². The molecule has 8 heteroatoms. The average molecular weight is 371 g/mol. The molecule has 4 aromatic rings. The van der Waals surface area contributed by atoms with Gasteiger partial charge in [-0.25, -0.2) is 15.0 Å². The second-order valence-electron chi connectivity index (χ2n) is 6.40. The molecule has 0 aliphatic carbocycles. The molecule has 3 aromatic heterocycles. The second-order valence-corrected chi connectivity index (χ2v) is 6.40. The van der Waals surface area contributed by atoms with Gasteiger partial charge in [0.2, 0.25) is 0 Å². The first-order valence-corrected chi connectivity index (χ1v) is 8.44. The maximum absolute atomic E-state index is 13.0. The van der Waals surface area contributed by atoms with Gasteiger partial charge < -0.3 is 4.57 Å². The molecule has 0 aliphatic rings. The molecule has 0 amide bonds. The number of benzene rings is 1. The Morgan fingerprint density at radius 2 is 1.85 bits per heavy atom. The fourth-order valence-corrected chi connectivity index (χ4v) is 3.19. The summed E-state index contributed by atoms with van der Waals surface area (Å²) >= 11 is 0. The van der Waals surface area contributed by atoms with Crippen molar-refractivity contribution in [2.24, 2.45) is 7.05 Å². The number of imidazole rings is 1. The number of aromatic nitrogens is 5. The van der Waals surface area contributed by atoms with Crippen molar-refractivity contribution in [3.05, 3.63) is 59.6 Å². The van der Waals surface area contributed by atoms with Gasteiger partial charge in [-0.2, -0.15) is 13.2 Å². The van der Waals surface area contributed by atoms with Crippen LogP contribution in [0.3, 0.4) is 0 Å². The summed E-state index contributed by atoms with van der Waals surface area (Å²) in [6, 6.07) is 8.66. The summed E-state index contributed by atoms with van der Waals surface area (Å²) < 4.78 is 40.8. The summed E-state index contributed by atoms with van der Waals surface area (Å²) in [7, 11) is 1.89. The van der Waals surface area contributed by atoms with Gasteiger partial charge in [-0.15, -0.1) is 0 Å². The fourth-order valence-electron chi connectivity index (χ4n) is 3.19. The van der Waals surface area contributed by atoms with Gasteiger partial charge >= 0.3 is 6.18 Å². The summed E-state index contributed by atoms with van der Waals surface area (Å²) in [5.41, 5.74) is 2.03. The van der Waals surface area contributed by atoms with E-state index in [0.717, 1.165) is 33.8 Å². The van der Waals surface area contributed by atoms with Gasteiger partial charge in [0.15, 0.2) is 0 Å². The molecular formula is C19H16F3N5. The zero-order valence-electron chi connectivity index (χ0n) is 14.7. The molecule has 0 saturated carbocycles. The van der Waals surface area contributed by atoms with Crippen LogP contribution >= 0.6 is 0 Å². The zero-order valence-corrected chi connectivity index (χ0v) is 14.7. The SMILES string of the molecule is Cc1cc(C(F)(F)F)nc(CCc2nc3c4cccnc4ccc3n2C)n1. The third-order valence-electron chi connectivity index (χ3n) is 4.49. The van der Waals surface area contributed by atoms with Gasteiger partial charge in [-0.3, -0.25) is 4.98 Å². The molecule has 1 aromatic carbocycles. The number of aryl methyl sites for hydroxylation is 4. The van der Waals surface area contributed by atoms with E-state index in [1.54, 1.807) is 6.20 Å². The highest BCUT2D eigenvalue weighted by Gasteiger charge is 2.33. The largest absolute Gasteiger partial charge is 0.433 e. The van der Waals surface area contributed by atoms with Crippen molar-refractivity contribution in [2.45, 2.75) is 25.9 Å². The Morgan fingerprint density at radius 3 is 2.63 bits per heavy atom. The van der Waals surface area contributed by atoms with Crippen molar-refractivity contribution >= 4 is 21.9 Å². The average Bonchev–Trinajstić information content (AvgIpc) is 2.95. The van der Waals surface area contributed by atoms with Crippen LogP contribution in [0.25, 0.3) is 21.9 Å². The topological polar surface area (TPSA) is 56.5 Å². The van der Waals surface area contributed by atoms with Crippen LogP contribution in [0.1, 0.15) is 23.0 Å². The molecule has 0 radical (unpaired) electrons. The first kappa shape index (κ1) is 17.4. The minimum atomic E-state index is -4.48. The number of halogens is 3. The molecule has 0 aliphatic heterocycles. The molecule has 4 rings (SSSR count). The molecule has 27 heavy (non-hydrogen) atoms. The summed E-state index contributed by atoms with van der Waals surface area (Å²) in [4.78, 5) is 16.8. The fraction of sp³-hybridized carbons (Fsp3) is 0.263. The van der Waals surface area contributed by atoms with Crippen LogP contribution in [0.5, 0.6) is 0 Å². The van der Waals surface area contributed by atoms with E-state index in [9.17, 15) is 13.2 Å². The minimum Gasteiger partial charge on any atom is -0.331 e. The van der Waals surface area contributed by atoms with E-state index >= 15 is 0 Å². The number of rotatable bonds is 3. The van der Waals surface area contributed by atoms with Crippen LogP contribution in [0.15, 0.2) is 36.5 Å². The molecule has 5 nitrogen and oxygen atoms in total. The lowest BCUT2D eigenvalue weighted by atomic mass is 10.2. The lowest BCUT2D eigenvalue weighted by Crippen LogP contribution is -2.12. The quantitative estimate of drug-likeness (QED) is 0.546. The highest BCUT2D eigenvalue weighted by Crippen LogP contribution is 2.28. The number of alkyl halides is 3. The van der Waals surface area contributed by atoms with Crippen molar-refractivity contribution in [3.8, 4) is 0 Å². The highest BCUT2D eigenvalue weighted by molar-refractivity contribution is 6.02. The van der Waals surface area contributed by atoms with Crippen LogP contribution in [0.2, 0.25) is 0 Å². The van der Waals surface area contributed by atoms with E-state index in [2.05, 4.69) is 15.0 Å². The van der Waals surface area contributed by atoms with E-state index < -0.39 is 11.9 Å². The lowest BCUT2D eigenvalue weighted by Gasteiger charge is -2.09. The number of fused-ring (bicyclic) bond motifs is 3. The minimum absolute atomic E-state index is 0.168. The Hall–Kier alpha value is -3.03. The van der Waals surface area contributed by atoms with E-state index in [1.807, 2.05) is 35.9 Å². The van der Waals surface area contributed by atoms with E-state index in [-0.39, 0.29) is 12.2 Å². The van der Waals surface area contributed by atoms with Crippen molar-refractivity contribution in [1.82, 2.24) is 24.5 Å². The smallest absolute Gasteiger partial charge is 0.331 e. The Morgan fingerprint density at radius 1 is 1.04 bits per heavy atom. The van der Waals surface area contributed by atoms with Crippen LogP contribution in [0, 0.1) is 6.92 Å². The maximum atomic E-state index is 13.0. The number of hydrogen-bond donors (Lipinski definition) is 0. The summed E-state index contributed by atoms with van der Waals surface area (Å²) in [6.07, 6.45) is -2.04. The standard InChI is InChI=1S/C19H16F3N5/c1-11-10-15(19(20,21)22)25-16(24-11)7-8-17-26-18-12-4-3-9-23-13(12)5-6-14(18)27(17)2/h3-6,9-10H,7-8H2,1-2H3. The van der Waals surface area contributed by atoms with Crippen LogP contribution < -0.4 is 0 Å². The predicted molar refractivity (Wildman–Crippen MR) is 95.2 cm³/mol. The second kappa shape index (κ2) is 6.29. The molecule has 0 spiro atoms. The van der Waals surface area contributed by atoms with Gasteiger partial charge in [0.25, 0.3) is 0 Å². The molecule has 0 saturated heterocycles. The van der Waals surface area contributed by atoms with Gasteiger partial charge in [0.05, 0.1) is 16.6 Å². The summed E-state index contributed by atoms with van der Waals surface area (Å²) in [6.45, 7) is 1.54. The van der Waals surface area contributed by atoms with E-state index in [1.165, 1.54) is 6.92 Å². The van der Waals surface area contributed by atoms with Crippen molar-refractivity contribution < 1.29 is 13.2 Å².